The molecular weight excluding hydrogens is 252 g/mol. The average molecular weight is 268 g/mol. The smallest absolute Gasteiger partial charge is 0.391 e. The second-order valence-electron chi connectivity index (χ2n) is 3.88. The van der Waals surface area contributed by atoms with Crippen molar-refractivity contribution < 1.29 is 24.5 Å². The first-order valence-electron chi connectivity index (χ1n) is 5.64. The second kappa shape index (κ2) is 7.34. The normalized spacial score (nSPS) is 13.2. The van der Waals surface area contributed by atoms with E-state index in [1.165, 1.54) is 6.92 Å². The molecule has 0 aliphatic rings. The Morgan fingerprint density at radius 1 is 1.32 bits per heavy atom. The summed E-state index contributed by atoms with van der Waals surface area (Å²) in [6.07, 6.45) is -2.02. The summed E-state index contributed by atoms with van der Waals surface area (Å²) in [5.41, 5.74) is 6.14. The van der Waals surface area contributed by atoms with Crippen LogP contribution in [0.5, 0.6) is 0 Å². The average Bonchev–Trinajstić information content (AvgIpc) is 2.42. The predicted octanol–water partition coefficient (Wildman–Crippen LogP) is 0.0791. The molecule has 0 fully saturated rings. The Hall–Kier alpha value is -2.12. The molecule has 0 aliphatic carbocycles. The first kappa shape index (κ1) is 14.9. The zero-order valence-electron chi connectivity index (χ0n) is 10.4. The molecule has 19 heavy (non-hydrogen) atoms. The number of rotatable bonds is 4. The van der Waals surface area contributed by atoms with Crippen molar-refractivity contribution in [1.82, 2.24) is 5.32 Å². The first-order valence-corrected chi connectivity index (χ1v) is 5.64. The van der Waals surface area contributed by atoms with Crippen LogP contribution in [0, 0.1) is 0 Å². The van der Waals surface area contributed by atoms with Gasteiger partial charge in [-0.3, -0.25) is 0 Å². The van der Waals surface area contributed by atoms with Crippen LogP contribution in [-0.2, 0) is 21.1 Å². The summed E-state index contributed by atoms with van der Waals surface area (Å²) in [7, 11) is 0. The summed E-state index contributed by atoms with van der Waals surface area (Å²) in [4.78, 5) is 30.7. The summed E-state index contributed by atoms with van der Waals surface area (Å²) in [5.74, 6) is -1.02. The number of carbonyl (C=O) groups excluding carboxylic acids is 2. The van der Waals surface area contributed by atoms with Crippen molar-refractivity contribution in [1.29, 1.82) is 0 Å². The SMILES string of the molecule is CC(O)[C@H](N)C(=O)OOC(=O)NCc1ccccc1. The van der Waals surface area contributed by atoms with E-state index in [0.717, 1.165) is 5.56 Å². The van der Waals surface area contributed by atoms with E-state index in [0.29, 0.717) is 0 Å². The van der Waals surface area contributed by atoms with Crippen LogP contribution in [0.2, 0.25) is 0 Å². The minimum atomic E-state index is -1.26. The van der Waals surface area contributed by atoms with Gasteiger partial charge >= 0.3 is 12.1 Å². The third-order valence-electron chi connectivity index (χ3n) is 2.27. The van der Waals surface area contributed by atoms with E-state index >= 15 is 0 Å². The summed E-state index contributed by atoms with van der Waals surface area (Å²) in [5, 5.41) is 11.4. The number of hydrogen-bond acceptors (Lipinski definition) is 6. The van der Waals surface area contributed by atoms with Gasteiger partial charge in [0.15, 0.2) is 0 Å². The molecule has 0 aliphatic heterocycles. The predicted molar refractivity (Wildman–Crippen MR) is 65.5 cm³/mol. The minimum absolute atomic E-state index is 0.236. The summed E-state index contributed by atoms with van der Waals surface area (Å²) >= 11 is 0. The van der Waals surface area contributed by atoms with E-state index in [1.807, 2.05) is 30.3 Å². The number of nitrogens with one attached hydrogen (secondary N) is 1. The molecule has 0 saturated carbocycles. The lowest BCUT2D eigenvalue weighted by atomic mass is 10.2. The number of nitrogens with two attached hydrogens (primary N) is 1. The molecule has 1 rings (SSSR count). The molecule has 7 nitrogen and oxygen atoms in total. The molecule has 104 valence electrons. The molecule has 0 spiro atoms. The van der Waals surface area contributed by atoms with Crippen LogP contribution in [0.15, 0.2) is 30.3 Å². The summed E-state index contributed by atoms with van der Waals surface area (Å²) in [6.45, 7) is 1.56. The van der Waals surface area contributed by atoms with Gasteiger partial charge in [0.2, 0.25) is 0 Å². The van der Waals surface area contributed by atoms with E-state index in [4.69, 9.17) is 10.8 Å². The Kier molecular flexibility index (Phi) is 5.77. The van der Waals surface area contributed by atoms with E-state index in [2.05, 4.69) is 15.1 Å². The van der Waals surface area contributed by atoms with Gasteiger partial charge in [-0.1, -0.05) is 30.3 Å². The van der Waals surface area contributed by atoms with Crippen LogP contribution in [-0.4, -0.2) is 29.3 Å². The zero-order valence-corrected chi connectivity index (χ0v) is 10.4. The van der Waals surface area contributed by atoms with Crippen LogP contribution in [0.4, 0.5) is 4.79 Å². The first-order chi connectivity index (χ1) is 9.00. The third kappa shape index (κ3) is 5.36. The fourth-order valence-corrected chi connectivity index (χ4v) is 1.13. The van der Waals surface area contributed by atoms with Gasteiger partial charge in [0.05, 0.1) is 6.10 Å². The lowest BCUT2D eigenvalue weighted by Crippen LogP contribution is -2.42. The highest BCUT2D eigenvalue weighted by atomic mass is 17.2. The van der Waals surface area contributed by atoms with Crippen molar-refractivity contribution in [2.24, 2.45) is 5.73 Å². The van der Waals surface area contributed by atoms with E-state index in [1.54, 1.807) is 0 Å². The third-order valence-corrected chi connectivity index (χ3v) is 2.27. The Bertz CT molecular complexity index is 421. The number of carbonyl (C=O) groups is 2. The minimum Gasteiger partial charge on any atom is -0.391 e. The lowest BCUT2D eigenvalue weighted by molar-refractivity contribution is -0.235. The monoisotopic (exact) mass is 268 g/mol. The molecule has 1 amide bonds. The number of benzene rings is 1. The maximum absolute atomic E-state index is 11.2. The number of aliphatic hydroxyl groups is 1. The molecule has 0 heterocycles. The van der Waals surface area contributed by atoms with Crippen LogP contribution >= 0.6 is 0 Å². The van der Waals surface area contributed by atoms with Crippen molar-refractivity contribution in [3.05, 3.63) is 35.9 Å². The highest BCUT2D eigenvalue weighted by molar-refractivity contribution is 5.77. The summed E-state index contributed by atoms with van der Waals surface area (Å²) in [6, 6.07) is 7.86. The quantitative estimate of drug-likeness (QED) is 0.526. The second-order valence-corrected chi connectivity index (χ2v) is 3.88. The molecule has 0 aromatic heterocycles. The van der Waals surface area contributed by atoms with Crippen molar-refractivity contribution >= 4 is 12.1 Å². The standard InChI is InChI=1S/C12H16N2O5/c1-8(15)10(13)11(16)18-19-12(17)14-7-9-5-3-2-4-6-9/h2-6,8,10,15H,7,13H2,1H3,(H,14,17)/t8?,10-/m0/s1. The van der Waals surface area contributed by atoms with Crippen molar-refractivity contribution in [3.63, 3.8) is 0 Å². The summed E-state index contributed by atoms with van der Waals surface area (Å²) < 4.78 is 0. The molecule has 4 N–H and O–H groups in total. The van der Waals surface area contributed by atoms with Crippen molar-refractivity contribution in [3.8, 4) is 0 Å². The molecular formula is C12H16N2O5. The molecule has 2 atom stereocenters. The van der Waals surface area contributed by atoms with Crippen LogP contribution in [0.1, 0.15) is 12.5 Å². The molecule has 1 unspecified atom stereocenters. The Morgan fingerprint density at radius 2 is 1.95 bits per heavy atom. The zero-order chi connectivity index (χ0) is 14.3. The maximum atomic E-state index is 11.2. The molecule has 0 bridgehead atoms. The molecule has 0 saturated heterocycles. The fourth-order valence-electron chi connectivity index (χ4n) is 1.13. The van der Waals surface area contributed by atoms with Gasteiger partial charge in [-0.2, -0.15) is 0 Å². The lowest BCUT2D eigenvalue weighted by Gasteiger charge is -2.11. The van der Waals surface area contributed by atoms with Gasteiger partial charge in [0.1, 0.15) is 6.04 Å². The van der Waals surface area contributed by atoms with Crippen LogP contribution < -0.4 is 11.1 Å². The van der Waals surface area contributed by atoms with Gasteiger partial charge in [0.25, 0.3) is 0 Å². The Labute approximate surface area is 110 Å². The molecule has 1 aromatic carbocycles. The number of hydrogen-bond donors (Lipinski definition) is 3. The van der Waals surface area contributed by atoms with Gasteiger partial charge in [-0.25, -0.2) is 19.4 Å². The Morgan fingerprint density at radius 3 is 2.53 bits per heavy atom. The van der Waals surface area contributed by atoms with E-state index in [-0.39, 0.29) is 6.54 Å². The van der Waals surface area contributed by atoms with E-state index in [9.17, 15) is 9.59 Å². The van der Waals surface area contributed by atoms with Crippen LogP contribution in [0.3, 0.4) is 0 Å². The number of amides is 1. The fraction of sp³-hybridized carbons (Fsp3) is 0.333. The number of aliphatic hydroxyl groups excluding tert-OH is 1. The van der Waals surface area contributed by atoms with E-state index < -0.39 is 24.2 Å². The Balaban J connectivity index is 2.27. The van der Waals surface area contributed by atoms with Crippen molar-refractivity contribution in [2.45, 2.75) is 25.6 Å². The largest absolute Gasteiger partial charge is 0.450 e. The van der Waals surface area contributed by atoms with Crippen LogP contribution in [0.25, 0.3) is 0 Å². The highest BCUT2D eigenvalue weighted by Gasteiger charge is 2.22. The van der Waals surface area contributed by atoms with Gasteiger partial charge in [-0.15, -0.1) is 0 Å². The van der Waals surface area contributed by atoms with Gasteiger partial charge in [0, 0.05) is 6.54 Å². The topological polar surface area (TPSA) is 111 Å². The highest BCUT2D eigenvalue weighted by Crippen LogP contribution is 1.98. The molecule has 1 aromatic rings. The van der Waals surface area contributed by atoms with Gasteiger partial charge in [-0.05, 0) is 12.5 Å². The molecule has 0 radical (unpaired) electrons. The van der Waals surface area contributed by atoms with Gasteiger partial charge < -0.3 is 16.2 Å². The molecule has 7 heteroatoms. The maximum Gasteiger partial charge on any atom is 0.450 e. The van der Waals surface area contributed by atoms with Crippen molar-refractivity contribution in [2.75, 3.05) is 0 Å².